The Morgan fingerprint density at radius 2 is 1.94 bits per heavy atom. The van der Waals surface area contributed by atoms with Crippen LogP contribution in [0.15, 0.2) is 60.8 Å². The molecule has 172 valence electrons. The van der Waals surface area contributed by atoms with Gasteiger partial charge < -0.3 is 19.7 Å². The average molecular weight is 447 g/mol. The predicted octanol–water partition coefficient (Wildman–Crippen LogP) is 5.28. The molecular formula is C27H30N2O4. The van der Waals surface area contributed by atoms with Crippen LogP contribution in [0, 0.1) is 12.8 Å². The zero-order valence-electron chi connectivity index (χ0n) is 19.1. The van der Waals surface area contributed by atoms with Gasteiger partial charge in [-0.15, -0.1) is 0 Å². The minimum atomic E-state index is -0.806. The Kier molecular flexibility index (Phi) is 6.82. The summed E-state index contributed by atoms with van der Waals surface area (Å²) in [5.74, 6) is 0.418. The Morgan fingerprint density at radius 3 is 2.67 bits per heavy atom. The first-order valence-corrected chi connectivity index (χ1v) is 11.4. The zero-order valence-corrected chi connectivity index (χ0v) is 19.1. The first-order chi connectivity index (χ1) is 15.9. The van der Waals surface area contributed by atoms with Crippen molar-refractivity contribution in [1.29, 1.82) is 0 Å². The van der Waals surface area contributed by atoms with E-state index in [1.807, 2.05) is 72.6 Å². The van der Waals surface area contributed by atoms with Crippen molar-refractivity contribution in [3.8, 4) is 11.5 Å². The third-order valence-corrected chi connectivity index (χ3v) is 6.27. The summed E-state index contributed by atoms with van der Waals surface area (Å²) in [4.78, 5) is 29.4. The molecule has 2 N–H and O–H groups in total. The molecule has 0 aliphatic carbocycles. The van der Waals surface area contributed by atoms with Crippen LogP contribution in [0.4, 0.5) is 0 Å². The molecule has 0 saturated carbocycles. The van der Waals surface area contributed by atoms with Crippen molar-refractivity contribution in [1.82, 2.24) is 9.88 Å². The Balaban J connectivity index is 1.38. The highest BCUT2D eigenvalue weighted by Crippen LogP contribution is 2.33. The van der Waals surface area contributed by atoms with Crippen molar-refractivity contribution in [3.05, 3.63) is 83.2 Å². The number of carbonyl (C=O) groups is 2. The van der Waals surface area contributed by atoms with E-state index in [9.17, 15) is 9.59 Å². The van der Waals surface area contributed by atoms with Crippen molar-refractivity contribution in [3.63, 3.8) is 0 Å². The molecule has 2 aromatic carbocycles. The van der Waals surface area contributed by atoms with E-state index in [1.54, 1.807) is 6.92 Å². The van der Waals surface area contributed by atoms with Crippen LogP contribution in [0.25, 0.3) is 0 Å². The van der Waals surface area contributed by atoms with Crippen molar-refractivity contribution >= 4 is 11.9 Å². The molecule has 1 saturated heterocycles. The van der Waals surface area contributed by atoms with E-state index in [1.165, 1.54) is 0 Å². The molecule has 1 aliphatic rings. The summed E-state index contributed by atoms with van der Waals surface area (Å²) in [5, 5.41) is 9.15. The Hall–Kier alpha value is -3.54. The third-order valence-electron chi connectivity index (χ3n) is 6.27. The first kappa shape index (κ1) is 22.6. The minimum absolute atomic E-state index is 0.0336. The van der Waals surface area contributed by atoms with Gasteiger partial charge in [-0.05, 0) is 60.7 Å². The summed E-state index contributed by atoms with van der Waals surface area (Å²) in [6, 6.07) is 17.6. The van der Waals surface area contributed by atoms with Crippen LogP contribution in [0.3, 0.4) is 0 Å². The van der Waals surface area contributed by atoms with Crippen molar-refractivity contribution in [2.75, 3.05) is 6.54 Å². The number of likely N-dealkylation sites (tertiary alicyclic amines) is 1. The highest BCUT2D eigenvalue weighted by atomic mass is 16.5. The van der Waals surface area contributed by atoms with Gasteiger partial charge in [0.1, 0.15) is 11.5 Å². The maximum absolute atomic E-state index is 13.1. The number of rotatable bonds is 8. The number of hydrogen-bond acceptors (Lipinski definition) is 3. The molecule has 6 heteroatoms. The summed E-state index contributed by atoms with van der Waals surface area (Å²) in [6.07, 6.45) is 4.59. The average Bonchev–Trinajstić information content (AvgIpc) is 3.46. The van der Waals surface area contributed by atoms with Crippen LogP contribution in [0.5, 0.6) is 11.5 Å². The number of benzene rings is 2. The molecule has 1 aromatic heterocycles. The minimum Gasteiger partial charge on any atom is -0.481 e. The molecular weight excluding hydrogens is 416 g/mol. The van der Waals surface area contributed by atoms with Crippen molar-refractivity contribution in [2.24, 2.45) is 5.92 Å². The van der Waals surface area contributed by atoms with Crippen LogP contribution < -0.4 is 4.74 Å². The van der Waals surface area contributed by atoms with Gasteiger partial charge in [-0.1, -0.05) is 37.3 Å². The molecule has 4 rings (SSSR count). The maximum Gasteiger partial charge on any atom is 0.306 e. The number of H-pyrrole nitrogens is 1. The Morgan fingerprint density at radius 1 is 1.18 bits per heavy atom. The smallest absolute Gasteiger partial charge is 0.306 e. The highest BCUT2D eigenvalue weighted by molar-refractivity contribution is 5.79. The lowest BCUT2D eigenvalue weighted by Gasteiger charge is -2.24. The highest BCUT2D eigenvalue weighted by Gasteiger charge is 2.30. The fourth-order valence-electron chi connectivity index (χ4n) is 4.35. The summed E-state index contributed by atoms with van der Waals surface area (Å²) in [5.41, 5.74) is 3.97. The second-order valence-electron chi connectivity index (χ2n) is 8.84. The van der Waals surface area contributed by atoms with Crippen molar-refractivity contribution < 1.29 is 19.4 Å². The number of aromatic amines is 1. The summed E-state index contributed by atoms with van der Waals surface area (Å²) < 4.78 is 5.95. The number of nitrogens with one attached hydrogen (secondary N) is 1. The quantitative estimate of drug-likeness (QED) is 0.493. The van der Waals surface area contributed by atoms with Crippen LogP contribution in [0.1, 0.15) is 48.2 Å². The van der Waals surface area contributed by atoms with E-state index in [0.717, 1.165) is 53.3 Å². The lowest BCUT2D eigenvalue weighted by molar-refractivity contribution is -0.141. The van der Waals surface area contributed by atoms with Gasteiger partial charge in [0.25, 0.3) is 0 Å². The van der Waals surface area contributed by atoms with Crippen LogP contribution in [-0.4, -0.2) is 33.4 Å². The number of hydrogen-bond donors (Lipinski definition) is 2. The fourth-order valence-corrected chi connectivity index (χ4v) is 4.35. The maximum atomic E-state index is 13.1. The molecule has 2 unspecified atom stereocenters. The molecule has 2 heterocycles. The molecule has 33 heavy (non-hydrogen) atoms. The molecule has 0 radical (unpaired) electrons. The summed E-state index contributed by atoms with van der Waals surface area (Å²) in [6.45, 7) is 4.45. The number of aryl methyl sites for hydroxylation is 1. The number of nitrogens with zero attached hydrogens (tertiary/aromatic N) is 1. The predicted molar refractivity (Wildman–Crippen MR) is 126 cm³/mol. The second-order valence-corrected chi connectivity index (χ2v) is 8.84. The third kappa shape index (κ3) is 5.45. The lowest BCUT2D eigenvalue weighted by Crippen LogP contribution is -2.31. The van der Waals surface area contributed by atoms with E-state index < -0.39 is 11.9 Å². The van der Waals surface area contributed by atoms with E-state index in [0.29, 0.717) is 12.8 Å². The summed E-state index contributed by atoms with van der Waals surface area (Å²) in [7, 11) is 0. The van der Waals surface area contributed by atoms with Gasteiger partial charge in [0, 0.05) is 24.9 Å². The van der Waals surface area contributed by atoms with Crippen LogP contribution >= 0.6 is 0 Å². The lowest BCUT2D eigenvalue weighted by atomic mass is 10.0. The molecule has 1 amide bonds. The van der Waals surface area contributed by atoms with Crippen LogP contribution in [0.2, 0.25) is 0 Å². The molecule has 1 aliphatic heterocycles. The van der Waals surface area contributed by atoms with E-state index >= 15 is 0 Å². The van der Waals surface area contributed by atoms with E-state index in [4.69, 9.17) is 9.84 Å². The normalized spacial score (nSPS) is 16.5. The molecule has 2 atom stereocenters. The van der Waals surface area contributed by atoms with Gasteiger partial charge in [-0.3, -0.25) is 9.59 Å². The fraction of sp³-hybridized carbons (Fsp3) is 0.333. The number of carboxylic acids is 1. The number of aliphatic carboxylic acids is 1. The number of para-hydroxylation sites is 1. The largest absolute Gasteiger partial charge is 0.481 e. The standard InChI is InChI=1S/C27H30N2O4/c1-18-6-3-4-8-25(18)33-23-11-9-20(10-12-23)15-26(30)29-13-5-7-24(29)21-16-22(28-17-21)14-19(2)27(31)32/h3-4,6,8-12,16-17,19,24,28H,5,7,13-15H2,1-2H3,(H,31,32). The summed E-state index contributed by atoms with van der Waals surface area (Å²) >= 11 is 0. The number of aromatic nitrogens is 1. The van der Waals surface area contributed by atoms with Gasteiger partial charge in [0.15, 0.2) is 0 Å². The van der Waals surface area contributed by atoms with Gasteiger partial charge >= 0.3 is 5.97 Å². The monoisotopic (exact) mass is 446 g/mol. The van der Waals surface area contributed by atoms with Gasteiger partial charge in [0.2, 0.25) is 5.91 Å². The van der Waals surface area contributed by atoms with Gasteiger partial charge in [-0.2, -0.15) is 0 Å². The molecule has 0 spiro atoms. The second kappa shape index (κ2) is 9.94. The molecule has 1 fully saturated rings. The number of ether oxygens (including phenoxy) is 1. The van der Waals surface area contributed by atoms with Gasteiger partial charge in [-0.25, -0.2) is 0 Å². The van der Waals surface area contributed by atoms with Crippen molar-refractivity contribution in [2.45, 2.75) is 45.6 Å². The zero-order chi connectivity index (χ0) is 23.4. The number of amides is 1. The Labute approximate surface area is 194 Å². The van der Waals surface area contributed by atoms with E-state index in [2.05, 4.69) is 4.98 Å². The van der Waals surface area contributed by atoms with Gasteiger partial charge in [0.05, 0.1) is 18.4 Å². The first-order valence-electron chi connectivity index (χ1n) is 11.4. The number of carboxylic acid groups (broad SMARTS) is 1. The SMILES string of the molecule is Cc1ccccc1Oc1ccc(CC(=O)N2CCCC2c2c[nH]c(CC(C)C(=O)O)c2)cc1. The molecule has 6 nitrogen and oxygen atoms in total. The topological polar surface area (TPSA) is 82.6 Å². The number of carbonyl (C=O) groups excluding carboxylic acids is 1. The van der Waals surface area contributed by atoms with Crippen LogP contribution in [-0.2, 0) is 22.4 Å². The van der Waals surface area contributed by atoms with E-state index in [-0.39, 0.29) is 11.9 Å². The Bertz CT molecular complexity index is 1120. The molecule has 0 bridgehead atoms. The molecule has 3 aromatic rings.